The fourth-order valence-corrected chi connectivity index (χ4v) is 7.73. The number of thiazole rings is 1. The zero-order valence-corrected chi connectivity index (χ0v) is 26.7. The van der Waals surface area contributed by atoms with Crippen molar-refractivity contribution in [1.29, 1.82) is 5.26 Å². The van der Waals surface area contributed by atoms with Crippen molar-refractivity contribution in [1.82, 2.24) is 20.3 Å². The fraction of sp³-hybridized carbons (Fsp3) is 0.529. The first-order valence-corrected chi connectivity index (χ1v) is 16.8. The molecule has 10 nitrogen and oxygen atoms in total. The van der Waals surface area contributed by atoms with Crippen LogP contribution in [0.25, 0.3) is 10.4 Å². The zero-order chi connectivity index (χ0) is 31.3. The van der Waals surface area contributed by atoms with Gasteiger partial charge in [-0.05, 0) is 100.0 Å². The predicted molar refractivity (Wildman–Crippen MR) is 171 cm³/mol. The quantitative estimate of drug-likeness (QED) is 0.281. The molecule has 0 spiro atoms. The second kappa shape index (κ2) is 13.9. The lowest BCUT2D eigenvalue weighted by Crippen LogP contribution is -2.42. The number of carbonyl (C=O) groups is 2. The van der Waals surface area contributed by atoms with Crippen LogP contribution in [-0.2, 0) is 9.53 Å². The standard InChI is InChI=1S/C34H40N6O4S/c1-36-34(42)44-26-11-9-24(10-12-26)33(41)40(31-17-25(15-16-37-31)30-19-38-32(45-30)23-7-8-23)20-21-3-5-22(6-4-21)27-13-14-29(43-2)28(18-35)39-27/h13-17,19,21-24,26H,3-12,20H2,1-2H3,(H,36,42)/t21-,22-,24-,26-. The number of nitriles is 1. The largest absolute Gasteiger partial charge is 0.494 e. The molecular weight excluding hydrogens is 588 g/mol. The molecule has 0 unspecified atom stereocenters. The molecule has 2 amide bonds. The number of anilines is 1. The molecule has 3 heterocycles. The SMILES string of the molecule is CNC(=O)O[C@H]1CC[C@H](C(=O)N(C[C@H]2CC[C@H](c3ccc(OC)c(C#N)n3)CC2)c2cc(-c3cnc(C4CC4)s3)ccn2)CC1. The maximum absolute atomic E-state index is 14.2. The molecule has 3 fully saturated rings. The maximum Gasteiger partial charge on any atom is 0.407 e. The van der Waals surface area contributed by atoms with Gasteiger partial charge >= 0.3 is 6.09 Å². The molecule has 3 saturated carbocycles. The topological polar surface area (TPSA) is 130 Å². The molecule has 236 valence electrons. The molecule has 0 saturated heterocycles. The second-order valence-electron chi connectivity index (χ2n) is 12.4. The smallest absolute Gasteiger partial charge is 0.407 e. The molecule has 0 aromatic carbocycles. The number of aromatic nitrogens is 3. The third-order valence-corrected chi connectivity index (χ3v) is 10.6. The molecule has 0 atom stereocenters. The normalized spacial score (nSPS) is 23.0. The van der Waals surface area contributed by atoms with Crippen LogP contribution in [0.2, 0.25) is 0 Å². The van der Waals surface area contributed by atoms with Crippen LogP contribution >= 0.6 is 11.3 Å². The zero-order valence-electron chi connectivity index (χ0n) is 25.9. The number of pyridine rings is 2. The van der Waals surface area contributed by atoms with E-state index in [-0.39, 0.29) is 23.8 Å². The highest BCUT2D eigenvalue weighted by atomic mass is 32.1. The molecule has 3 aliphatic rings. The van der Waals surface area contributed by atoms with E-state index in [2.05, 4.69) is 21.4 Å². The van der Waals surface area contributed by atoms with Gasteiger partial charge in [-0.15, -0.1) is 11.3 Å². The summed E-state index contributed by atoms with van der Waals surface area (Å²) in [5, 5.41) is 13.2. The van der Waals surface area contributed by atoms with Gasteiger partial charge in [0.25, 0.3) is 0 Å². The summed E-state index contributed by atoms with van der Waals surface area (Å²) in [6.07, 6.45) is 12.1. The van der Waals surface area contributed by atoms with E-state index in [4.69, 9.17) is 14.5 Å². The average Bonchev–Trinajstić information content (AvgIpc) is 3.82. The summed E-state index contributed by atoms with van der Waals surface area (Å²) in [5.41, 5.74) is 2.28. The highest BCUT2D eigenvalue weighted by molar-refractivity contribution is 7.15. The molecule has 11 heteroatoms. The molecule has 1 N–H and O–H groups in total. The number of nitrogens with zero attached hydrogens (tertiary/aromatic N) is 5. The lowest BCUT2D eigenvalue weighted by atomic mass is 9.79. The summed E-state index contributed by atoms with van der Waals surface area (Å²) in [5.74, 6) is 2.32. The average molecular weight is 629 g/mol. The fourth-order valence-electron chi connectivity index (χ4n) is 6.65. The Balaban J connectivity index is 1.18. The van der Waals surface area contributed by atoms with Gasteiger partial charge in [0.15, 0.2) is 11.4 Å². The Hall–Kier alpha value is -4.04. The number of hydrogen-bond donors (Lipinski definition) is 1. The highest BCUT2D eigenvalue weighted by Gasteiger charge is 2.34. The minimum atomic E-state index is -0.426. The lowest BCUT2D eigenvalue weighted by molar-refractivity contribution is -0.124. The number of ether oxygens (including phenoxy) is 2. The van der Waals surface area contributed by atoms with E-state index in [9.17, 15) is 14.9 Å². The Bertz CT molecular complexity index is 1550. The Morgan fingerprint density at radius 1 is 1.02 bits per heavy atom. The molecule has 3 aromatic rings. The molecule has 0 radical (unpaired) electrons. The summed E-state index contributed by atoms with van der Waals surface area (Å²) >= 11 is 1.74. The number of nitrogens with one attached hydrogen (secondary N) is 1. The third-order valence-electron chi connectivity index (χ3n) is 9.44. The van der Waals surface area contributed by atoms with E-state index in [1.807, 2.05) is 35.4 Å². The van der Waals surface area contributed by atoms with Crippen LogP contribution in [0, 0.1) is 23.2 Å². The Kier molecular flexibility index (Phi) is 9.59. The van der Waals surface area contributed by atoms with Crippen LogP contribution in [0.4, 0.5) is 10.6 Å². The molecular formula is C34H40N6O4S. The number of methoxy groups -OCH3 is 1. The van der Waals surface area contributed by atoms with Gasteiger partial charge < -0.3 is 14.8 Å². The van der Waals surface area contributed by atoms with Crippen molar-refractivity contribution in [2.24, 2.45) is 11.8 Å². The minimum absolute atomic E-state index is 0.0959. The van der Waals surface area contributed by atoms with Crippen LogP contribution in [0.1, 0.15) is 92.4 Å². The van der Waals surface area contributed by atoms with E-state index in [1.54, 1.807) is 31.7 Å². The number of carbonyl (C=O) groups excluding carboxylic acids is 2. The van der Waals surface area contributed by atoms with Gasteiger partial charge in [-0.2, -0.15) is 5.26 Å². The molecule has 3 aromatic heterocycles. The predicted octanol–water partition coefficient (Wildman–Crippen LogP) is 6.58. The Labute approximate surface area is 268 Å². The van der Waals surface area contributed by atoms with Crippen molar-refractivity contribution in [2.45, 2.75) is 82.1 Å². The first-order valence-electron chi connectivity index (χ1n) is 16.0. The van der Waals surface area contributed by atoms with E-state index in [0.29, 0.717) is 61.3 Å². The third kappa shape index (κ3) is 7.28. The summed E-state index contributed by atoms with van der Waals surface area (Å²) in [6, 6.07) is 9.98. The number of alkyl carbamates (subject to hydrolysis) is 1. The van der Waals surface area contributed by atoms with Gasteiger partial charge in [0, 0.05) is 49.4 Å². The van der Waals surface area contributed by atoms with Gasteiger partial charge in [0.2, 0.25) is 5.91 Å². The van der Waals surface area contributed by atoms with E-state index in [1.165, 1.54) is 17.8 Å². The van der Waals surface area contributed by atoms with Gasteiger partial charge in [-0.3, -0.25) is 9.69 Å². The van der Waals surface area contributed by atoms with Crippen molar-refractivity contribution in [3.05, 3.63) is 53.1 Å². The molecule has 3 aliphatic carbocycles. The highest BCUT2D eigenvalue weighted by Crippen LogP contribution is 2.44. The molecule has 0 bridgehead atoms. The van der Waals surface area contributed by atoms with Gasteiger partial charge in [0.1, 0.15) is 18.0 Å². The van der Waals surface area contributed by atoms with E-state index < -0.39 is 6.09 Å². The van der Waals surface area contributed by atoms with Crippen LogP contribution in [0.15, 0.2) is 36.7 Å². The number of rotatable bonds is 9. The first-order chi connectivity index (χ1) is 21.9. The summed E-state index contributed by atoms with van der Waals surface area (Å²) in [6.45, 7) is 0.603. The van der Waals surface area contributed by atoms with Crippen LogP contribution < -0.4 is 15.0 Å². The first kappa shape index (κ1) is 31.0. The number of hydrogen-bond acceptors (Lipinski definition) is 9. The van der Waals surface area contributed by atoms with Crippen molar-refractivity contribution in [2.75, 3.05) is 25.6 Å². The minimum Gasteiger partial charge on any atom is -0.494 e. The van der Waals surface area contributed by atoms with Crippen molar-refractivity contribution in [3.8, 4) is 22.3 Å². The van der Waals surface area contributed by atoms with Crippen molar-refractivity contribution >= 4 is 29.2 Å². The van der Waals surface area contributed by atoms with E-state index in [0.717, 1.165) is 41.8 Å². The van der Waals surface area contributed by atoms with E-state index >= 15 is 0 Å². The molecule has 45 heavy (non-hydrogen) atoms. The maximum atomic E-state index is 14.2. The summed E-state index contributed by atoms with van der Waals surface area (Å²) in [7, 11) is 3.10. The van der Waals surface area contributed by atoms with Crippen LogP contribution in [0.3, 0.4) is 0 Å². The molecule has 6 rings (SSSR count). The second-order valence-corrected chi connectivity index (χ2v) is 13.5. The summed E-state index contributed by atoms with van der Waals surface area (Å²) < 4.78 is 10.8. The summed E-state index contributed by atoms with van der Waals surface area (Å²) in [4.78, 5) is 43.0. The van der Waals surface area contributed by atoms with Gasteiger partial charge in [-0.25, -0.2) is 19.7 Å². The van der Waals surface area contributed by atoms with Crippen LogP contribution in [-0.4, -0.2) is 53.8 Å². The van der Waals surface area contributed by atoms with Gasteiger partial charge in [-0.1, -0.05) is 0 Å². The lowest BCUT2D eigenvalue weighted by Gasteiger charge is -2.35. The van der Waals surface area contributed by atoms with Gasteiger partial charge in [0.05, 0.1) is 17.0 Å². The van der Waals surface area contributed by atoms with Crippen molar-refractivity contribution < 1.29 is 19.1 Å². The Morgan fingerprint density at radius 3 is 2.47 bits per heavy atom. The van der Waals surface area contributed by atoms with Crippen molar-refractivity contribution in [3.63, 3.8) is 0 Å². The molecule has 0 aliphatic heterocycles. The monoisotopic (exact) mass is 628 g/mol. The van der Waals surface area contributed by atoms with Crippen LogP contribution in [0.5, 0.6) is 5.75 Å². The number of amides is 2. The Morgan fingerprint density at radius 2 is 1.78 bits per heavy atom.